The fourth-order valence-electron chi connectivity index (χ4n) is 5.57. The molecule has 0 unspecified atom stereocenters. The summed E-state index contributed by atoms with van der Waals surface area (Å²) in [7, 11) is -3.88. The zero-order chi connectivity index (χ0) is 28.1. The number of carbonyl (C=O) groups excluding carboxylic acids is 1. The number of aromatic amines is 1. The highest BCUT2D eigenvalue weighted by molar-refractivity contribution is 7.90. The van der Waals surface area contributed by atoms with Gasteiger partial charge in [-0.1, -0.05) is 35.9 Å². The van der Waals surface area contributed by atoms with Crippen molar-refractivity contribution in [2.45, 2.75) is 24.7 Å². The van der Waals surface area contributed by atoms with E-state index in [4.69, 9.17) is 4.98 Å². The van der Waals surface area contributed by atoms with Crippen LogP contribution in [0.3, 0.4) is 0 Å². The van der Waals surface area contributed by atoms with Gasteiger partial charge >= 0.3 is 0 Å². The lowest BCUT2D eigenvalue weighted by atomic mass is 10.0. The number of ketones is 1. The smallest absolute Gasteiger partial charge is 0.269 e. The Morgan fingerprint density at radius 1 is 0.829 bits per heavy atom. The molecule has 1 N–H and O–H groups in total. The van der Waals surface area contributed by atoms with Gasteiger partial charge in [-0.3, -0.25) is 4.79 Å². The summed E-state index contributed by atoms with van der Waals surface area (Å²) in [6.45, 7) is 3.41. The zero-order valence-electron chi connectivity index (χ0n) is 22.5. The Morgan fingerprint density at radius 3 is 2.32 bits per heavy atom. The quantitative estimate of drug-likeness (QED) is 0.258. The molecule has 1 aliphatic heterocycles. The van der Waals surface area contributed by atoms with E-state index in [0.717, 1.165) is 62.9 Å². The SMILES string of the molecule is Cc1ccc(S(=O)(=O)n2cc(-c3ccc4[nH]ccc4c3)c3cc(-c4ccc(N5CCC(=O)CC5)cc4)cnc32)cc1. The molecule has 0 aliphatic carbocycles. The Kier molecular flexibility index (Phi) is 6.01. The van der Waals surface area contributed by atoms with Gasteiger partial charge in [-0.25, -0.2) is 17.4 Å². The highest BCUT2D eigenvalue weighted by atomic mass is 32.2. The number of H-pyrrole nitrogens is 1. The van der Waals surface area contributed by atoms with Crippen molar-refractivity contribution in [3.63, 3.8) is 0 Å². The molecule has 8 heteroatoms. The van der Waals surface area contributed by atoms with Crippen LogP contribution in [0.4, 0.5) is 5.69 Å². The van der Waals surface area contributed by atoms with Gasteiger partial charge in [0.05, 0.1) is 4.90 Å². The number of anilines is 1. The summed E-state index contributed by atoms with van der Waals surface area (Å²) in [5, 5.41) is 1.80. The number of piperidine rings is 1. The number of hydrogen-bond acceptors (Lipinski definition) is 5. The van der Waals surface area contributed by atoms with Crippen LogP contribution in [0.25, 0.3) is 44.2 Å². The van der Waals surface area contributed by atoms with Crippen LogP contribution in [0, 0.1) is 6.92 Å². The summed E-state index contributed by atoms with van der Waals surface area (Å²) < 4.78 is 29.0. The average molecular weight is 561 g/mol. The van der Waals surface area contributed by atoms with Crippen molar-refractivity contribution in [2.75, 3.05) is 18.0 Å². The maximum atomic E-state index is 13.8. The van der Waals surface area contributed by atoms with Crippen molar-refractivity contribution in [3.05, 3.63) is 103 Å². The second-order valence-electron chi connectivity index (χ2n) is 10.6. The molecule has 0 amide bonds. The first-order chi connectivity index (χ1) is 19.9. The number of hydrogen-bond donors (Lipinski definition) is 1. The predicted molar refractivity (Wildman–Crippen MR) is 163 cm³/mol. The first-order valence-electron chi connectivity index (χ1n) is 13.6. The molecule has 41 heavy (non-hydrogen) atoms. The average Bonchev–Trinajstić information content (AvgIpc) is 3.62. The molecule has 0 saturated carbocycles. The van der Waals surface area contributed by atoms with Crippen LogP contribution in [0.1, 0.15) is 18.4 Å². The van der Waals surface area contributed by atoms with Crippen LogP contribution in [-0.2, 0) is 14.8 Å². The molecule has 204 valence electrons. The van der Waals surface area contributed by atoms with Gasteiger partial charge in [-0.2, -0.15) is 0 Å². The van der Waals surface area contributed by atoms with Crippen molar-refractivity contribution in [2.24, 2.45) is 0 Å². The number of fused-ring (bicyclic) bond motifs is 2. The van der Waals surface area contributed by atoms with E-state index in [2.05, 4.69) is 40.2 Å². The Morgan fingerprint density at radius 2 is 1.56 bits per heavy atom. The maximum Gasteiger partial charge on any atom is 0.269 e. The van der Waals surface area contributed by atoms with Crippen molar-refractivity contribution < 1.29 is 13.2 Å². The molecule has 3 aromatic carbocycles. The minimum Gasteiger partial charge on any atom is -0.371 e. The minimum atomic E-state index is -3.88. The third-order valence-corrected chi connectivity index (χ3v) is 9.61. The monoisotopic (exact) mass is 560 g/mol. The molecule has 1 saturated heterocycles. The number of carbonyl (C=O) groups is 1. The predicted octanol–water partition coefficient (Wildman–Crippen LogP) is 6.57. The second kappa shape index (κ2) is 9.74. The number of Topliss-reactive ketones (excluding diaryl/α,β-unsaturated/α-hetero) is 1. The van der Waals surface area contributed by atoms with Crippen molar-refractivity contribution in [1.29, 1.82) is 0 Å². The third-order valence-electron chi connectivity index (χ3n) is 7.94. The molecule has 7 nitrogen and oxygen atoms in total. The van der Waals surface area contributed by atoms with Gasteiger partial charge in [-0.15, -0.1) is 0 Å². The van der Waals surface area contributed by atoms with Gasteiger partial charge in [0.15, 0.2) is 5.65 Å². The summed E-state index contributed by atoms with van der Waals surface area (Å²) >= 11 is 0. The topological polar surface area (TPSA) is 88.1 Å². The summed E-state index contributed by atoms with van der Waals surface area (Å²) in [5.41, 5.74) is 7.06. The number of aryl methyl sites for hydroxylation is 1. The van der Waals surface area contributed by atoms with E-state index in [1.54, 1.807) is 36.7 Å². The molecule has 0 bridgehead atoms. The van der Waals surface area contributed by atoms with Crippen LogP contribution in [0.2, 0.25) is 0 Å². The molecule has 0 atom stereocenters. The lowest BCUT2D eigenvalue weighted by molar-refractivity contribution is -0.119. The number of rotatable bonds is 5. The van der Waals surface area contributed by atoms with Crippen LogP contribution >= 0.6 is 0 Å². The first-order valence-corrected chi connectivity index (χ1v) is 15.1. The standard InChI is InChI=1S/C33H28N4O3S/c1-22-2-9-29(10-3-22)41(39,40)37-21-31(24-6-11-32-25(18-24)12-15-34-32)30-19-26(20-35-33(30)37)23-4-7-27(8-5-23)36-16-13-28(38)14-17-36/h2-12,15,18-21,34H,13-14,16-17H2,1H3. The second-order valence-corrected chi connectivity index (χ2v) is 12.4. The van der Waals surface area contributed by atoms with Gasteiger partial charge in [0.1, 0.15) is 5.78 Å². The van der Waals surface area contributed by atoms with Gasteiger partial charge in [0.25, 0.3) is 10.0 Å². The molecule has 0 radical (unpaired) electrons. The van der Waals surface area contributed by atoms with Gasteiger partial charge in [-0.05, 0) is 72.0 Å². The number of benzene rings is 3. The van der Waals surface area contributed by atoms with Gasteiger partial charge < -0.3 is 9.88 Å². The van der Waals surface area contributed by atoms with E-state index in [9.17, 15) is 13.2 Å². The Balaban J connectivity index is 1.35. The largest absolute Gasteiger partial charge is 0.371 e. The Hall–Kier alpha value is -4.69. The van der Waals surface area contributed by atoms with E-state index in [1.165, 1.54) is 3.97 Å². The van der Waals surface area contributed by atoms with Crippen molar-refractivity contribution in [3.8, 4) is 22.3 Å². The summed E-state index contributed by atoms with van der Waals surface area (Å²) in [5.74, 6) is 0.319. The van der Waals surface area contributed by atoms with E-state index < -0.39 is 10.0 Å². The van der Waals surface area contributed by atoms with Crippen LogP contribution in [0.15, 0.2) is 102 Å². The highest BCUT2D eigenvalue weighted by Gasteiger charge is 2.24. The number of nitrogens with one attached hydrogen (secondary N) is 1. The Labute approximate surface area is 238 Å². The molecular weight excluding hydrogens is 532 g/mol. The van der Waals surface area contributed by atoms with E-state index in [1.807, 2.05) is 37.4 Å². The van der Waals surface area contributed by atoms with E-state index in [0.29, 0.717) is 24.3 Å². The van der Waals surface area contributed by atoms with Crippen LogP contribution in [0.5, 0.6) is 0 Å². The van der Waals surface area contributed by atoms with Crippen LogP contribution < -0.4 is 4.90 Å². The first kappa shape index (κ1) is 25.3. The summed E-state index contributed by atoms with van der Waals surface area (Å²) in [6, 6.07) is 25.2. The zero-order valence-corrected chi connectivity index (χ0v) is 23.4. The minimum absolute atomic E-state index is 0.216. The molecular formula is C33H28N4O3S. The number of pyridine rings is 1. The van der Waals surface area contributed by atoms with E-state index >= 15 is 0 Å². The van der Waals surface area contributed by atoms with Crippen LogP contribution in [-0.4, -0.2) is 41.2 Å². The van der Waals surface area contributed by atoms with Crippen molar-refractivity contribution in [1.82, 2.24) is 13.9 Å². The molecule has 1 fully saturated rings. The molecule has 3 aromatic heterocycles. The fourth-order valence-corrected chi connectivity index (χ4v) is 6.90. The number of aromatic nitrogens is 3. The normalized spacial score (nSPS) is 14.3. The van der Waals surface area contributed by atoms with Gasteiger partial charge in [0, 0.05) is 72.2 Å². The Bertz CT molecular complexity index is 2030. The molecule has 4 heterocycles. The molecule has 0 spiro atoms. The van der Waals surface area contributed by atoms with E-state index in [-0.39, 0.29) is 4.90 Å². The maximum absolute atomic E-state index is 13.8. The van der Waals surface area contributed by atoms with Gasteiger partial charge in [0.2, 0.25) is 0 Å². The van der Waals surface area contributed by atoms with Crippen molar-refractivity contribution >= 4 is 43.4 Å². The summed E-state index contributed by atoms with van der Waals surface area (Å²) in [4.78, 5) is 22.0. The lowest BCUT2D eigenvalue weighted by Crippen LogP contribution is -2.33. The highest BCUT2D eigenvalue weighted by Crippen LogP contribution is 2.36. The number of nitrogens with zero attached hydrogens (tertiary/aromatic N) is 3. The molecule has 6 aromatic rings. The lowest BCUT2D eigenvalue weighted by Gasteiger charge is -2.28. The molecule has 1 aliphatic rings. The fraction of sp³-hybridized carbons (Fsp3) is 0.152. The molecule has 7 rings (SSSR count). The third kappa shape index (κ3) is 4.50. The summed E-state index contributed by atoms with van der Waals surface area (Å²) in [6.07, 6.45) is 6.48.